The number of carbonyl (C=O) groups is 1. The molecule has 5 nitrogen and oxygen atoms in total. The fourth-order valence-electron chi connectivity index (χ4n) is 3.03. The van der Waals surface area contributed by atoms with Crippen molar-refractivity contribution in [1.29, 1.82) is 0 Å². The average molecular weight is 319 g/mol. The molecule has 5 heteroatoms. The highest BCUT2D eigenvalue weighted by molar-refractivity contribution is 5.91. The zero-order valence-corrected chi connectivity index (χ0v) is 13.1. The van der Waals surface area contributed by atoms with Gasteiger partial charge in [-0.2, -0.15) is 0 Å². The summed E-state index contributed by atoms with van der Waals surface area (Å²) in [4.78, 5) is 16.6. The average Bonchev–Trinajstić information content (AvgIpc) is 3.21. The zero-order chi connectivity index (χ0) is 16.4. The largest absolute Gasteiger partial charge is 0.438 e. The Labute approximate surface area is 139 Å². The maximum atomic E-state index is 12.3. The third kappa shape index (κ3) is 2.76. The number of rotatable bonds is 3. The molecule has 1 N–H and O–H groups in total. The Hall–Kier alpha value is -3.08. The fraction of sp³-hybridized carbons (Fsp3) is 0.158. The molecule has 2 heterocycles. The molecule has 4 rings (SSSR count). The van der Waals surface area contributed by atoms with Gasteiger partial charge in [-0.25, -0.2) is 9.78 Å². The van der Waals surface area contributed by atoms with Gasteiger partial charge < -0.3 is 9.30 Å². The molecule has 1 aliphatic rings. The van der Waals surface area contributed by atoms with Crippen LogP contribution in [-0.4, -0.2) is 15.6 Å². The van der Waals surface area contributed by atoms with Crippen molar-refractivity contribution >= 4 is 11.8 Å². The van der Waals surface area contributed by atoms with Gasteiger partial charge in [-0.1, -0.05) is 48.5 Å². The summed E-state index contributed by atoms with van der Waals surface area (Å²) in [7, 11) is 0. The van der Waals surface area contributed by atoms with Crippen molar-refractivity contribution in [1.82, 2.24) is 9.55 Å². The SMILES string of the molecule is O=C(Nc1ccccc1-c1ccccc1)O[C@H]1CCn2ccnc21. The topological polar surface area (TPSA) is 56.1 Å². The molecule has 0 bridgehead atoms. The van der Waals surface area contributed by atoms with E-state index in [-0.39, 0.29) is 6.10 Å². The number of ether oxygens (including phenoxy) is 1. The van der Waals surface area contributed by atoms with Crippen LogP contribution in [0, 0.1) is 0 Å². The summed E-state index contributed by atoms with van der Waals surface area (Å²) < 4.78 is 7.57. The second-order valence-electron chi connectivity index (χ2n) is 5.70. The summed E-state index contributed by atoms with van der Waals surface area (Å²) in [6.45, 7) is 0.827. The number of aromatic nitrogens is 2. The summed E-state index contributed by atoms with van der Waals surface area (Å²) in [6.07, 6.45) is 3.65. The van der Waals surface area contributed by atoms with Crippen LogP contribution in [0.4, 0.5) is 10.5 Å². The number of aryl methyl sites for hydroxylation is 1. The van der Waals surface area contributed by atoms with Gasteiger partial charge in [0.2, 0.25) is 0 Å². The molecule has 3 aromatic rings. The van der Waals surface area contributed by atoms with E-state index in [1.165, 1.54) is 0 Å². The van der Waals surface area contributed by atoms with Crippen molar-refractivity contribution in [3.05, 3.63) is 72.8 Å². The van der Waals surface area contributed by atoms with Crippen LogP contribution in [0.3, 0.4) is 0 Å². The number of hydrogen-bond donors (Lipinski definition) is 1. The fourth-order valence-corrected chi connectivity index (χ4v) is 3.03. The maximum Gasteiger partial charge on any atom is 0.412 e. The maximum absolute atomic E-state index is 12.3. The smallest absolute Gasteiger partial charge is 0.412 e. The first-order valence-corrected chi connectivity index (χ1v) is 7.94. The van der Waals surface area contributed by atoms with E-state index in [0.29, 0.717) is 0 Å². The number of hydrogen-bond acceptors (Lipinski definition) is 3. The molecule has 0 aliphatic carbocycles. The van der Waals surface area contributed by atoms with E-state index in [4.69, 9.17) is 4.74 Å². The molecule has 0 unspecified atom stereocenters. The van der Waals surface area contributed by atoms with Gasteiger partial charge in [0.15, 0.2) is 6.10 Å². The van der Waals surface area contributed by atoms with Crippen LogP contribution in [-0.2, 0) is 11.3 Å². The highest BCUT2D eigenvalue weighted by atomic mass is 16.6. The molecule has 0 spiro atoms. The number of benzene rings is 2. The van der Waals surface area contributed by atoms with Crippen molar-refractivity contribution in [2.45, 2.75) is 19.1 Å². The van der Waals surface area contributed by atoms with Gasteiger partial charge in [-0.15, -0.1) is 0 Å². The van der Waals surface area contributed by atoms with Gasteiger partial charge in [-0.05, 0) is 11.6 Å². The minimum atomic E-state index is -0.458. The summed E-state index contributed by atoms with van der Waals surface area (Å²) in [5.41, 5.74) is 2.74. The van der Waals surface area contributed by atoms with E-state index in [1.54, 1.807) is 6.20 Å². The Morgan fingerprint density at radius 1 is 1.12 bits per heavy atom. The van der Waals surface area contributed by atoms with Gasteiger partial charge in [0.1, 0.15) is 5.82 Å². The molecule has 2 aromatic carbocycles. The van der Waals surface area contributed by atoms with Crippen molar-refractivity contribution in [3.8, 4) is 11.1 Å². The number of nitrogens with zero attached hydrogens (tertiary/aromatic N) is 2. The first-order chi connectivity index (χ1) is 11.8. The van der Waals surface area contributed by atoms with E-state index in [0.717, 1.165) is 35.6 Å². The van der Waals surface area contributed by atoms with Gasteiger partial charge >= 0.3 is 6.09 Å². The van der Waals surface area contributed by atoms with E-state index in [9.17, 15) is 4.79 Å². The first kappa shape index (κ1) is 14.5. The molecule has 1 atom stereocenters. The highest BCUT2D eigenvalue weighted by Crippen LogP contribution is 2.30. The number of fused-ring (bicyclic) bond motifs is 1. The predicted molar refractivity (Wildman–Crippen MR) is 91.6 cm³/mol. The van der Waals surface area contributed by atoms with Crippen LogP contribution in [0.15, 0.2) is 67.0 Å². The number of carbonyl (C=O) groups excluding carboxylic acids is 1. The lowest BCUT2D eigenvalue weighted by Crippen LogP contribution is -2.17. The molecule has 0 saturated carbocycles. The van der Waals surface area contributed by atoms with E-state index in [1.807, 2.05) is 65.4 Å². The normalized spacial score (nSPS) is 15.8. The molecule has 120 valence electrons. The van der Waals surface area contributed by atoms with E-state index < -0.39 is 6.09 Å². The van der Waals surface area contributed by atoms with Crippen molar-refractivity contribution in [2.75, 3.05) is 5.32 Å². The lowest BCUT2D eigenvalue weighted by atomic mass is 10.0. The molecular formula is C19H17N3O2. The number of nitrogens with one attached hydrogen (secondary N) is 1. The zero-order valence-electron chi connectivity index (χ0n) is 13.1. The molecular weight excluding hydrogens is 302 g/mol. The Morgan fingerprint density at radius 2 is 1.92 bits per heavy atom. The number of anilines is 1. The van der Waals surface area contributed by atoms with Crippen molar-refractivity contribution in [2.24, 2.45) is 0 Å². The number of amides is 1. The van der Waals surface area contributed by atoms with Crippen LogP contribution in [0.5, 0.6) is 0 Å². The molecule has 1 aromatic heterocycles. The molecule has 0 radical (unpaired) electrons. The van der Waals surface area contributed by atoms with Crippen LogP contribution < -0.4 is 5.32 Å². The third-order valence-electron chi connectivity index (χ3n) is 4.17. The third-order valence-corrected chi connectivity index (χ3v) is 4.17. The minimum Gasteiger partial charge on any atom is -0.438 e. The number of para-hydroxylation sites is 1. The molecule has 1 aliphatic heterocycles. The Morgan fingerprint density at radius 3 is 2.79 bits per heavy atom. The Kier molecular flexibility index (Phi) is 3.75. The molecule has 0 fully saturated rings. The molecule has 1 amide bonds. The summed E-state index contributed by atoms with van der Waals surface area (Å²) in [5, 5.41) is 2.86. The van der Waals surface area contributed by atoms with E-state index in [2.05, 4.69) is 10.3 Å². The van der Waals surface area contributed by atoms with Gasteiger partial charge in [0, 0.05) is 30.9 Å². The quantitative estimate of drug-likeness (QED) is 0.785. The minimum absolute atomic E-state index is 0.288. The predicted octanol–water partition coefficient (Wildman–Crippen LogP) is 4.24. The van der Waals surface area contributed by atoms with Crippen LogP contribution in [0.1, 0.15) is 18.3 Å². The number of imidazole rings is 1. The summed E-state index contributed by atoms with van der Waals surface area (Å²) in [6, 6.07) is 17.6. The van der Waals surface area contributed by atoms with Crippen molar-refractivity contribution < 1.29 is 9.53 Å². The van der Waals surface area contributed by atoms with Gasteiger partial charge in [-0.3, -0.25) is 5.32 Å². The lowest BCUT2D eigenvalue weighted by Gasteiger charge is -2.14. The highest BCUT2D eigenvalue weighted by Gasteiger charge is 2.27. The summed E-state index contributed by atoms with van der Waals surface area (Å²) >= 11 is 0. The molecule has 0 saturated heterocycles. The first-order valence-electron chi connectivity index (χ1n) is 7.94. The Bertz CT molecular complexity index is 858. The van der Waals surface area contributed by atoms with Gasteiger partial charge in [0.05, 0.1) is 5.69 Å². The van der Waals surface area contributed by atoms with Crippen molar-refractivity contribution in [3.63, 3.8) is 0 Å². The second-order valence-corrected chi connectivity index (χ2v) is 5.70. The van der Waals surface area contributed by atoms with Crippen LogP contribution in [0.25, 0.3) is 11.1 Å². The molecule has 24 heavy (non-hydrogen) atoms. The standard InChI is InChI=1S/C19H17N3O2/c23-19(24-17-10-12-22-13-11-20-18(17)22)21-16-9-5-4-8-15(16)14-6-2-1-3-7-14/h1-9,11,13,17H,10,12H2,(H,21,23)/t17-/m0/s1. The van der Waals surface area contributed by atoms with Crippen LogP contribution in [0.2, 0.25) is 0 Å². The van der Waals surface area contributed by atoms with Gasteiger partial charge in [0.25, 0.3) is 0 Å². The lowest BCUT2D eigenvalue weighted by molar-refractivity contribution is 0.109. The summed E-state index contributed by atoms with van der Waals surface area (Å²) in [5.74, 6) is 0.807. The second kappa shape index (κ2) is 6.20. The monoisotopic (exact) mass is 319 g/mol. The Balaban J connectivity index is 1.51. The van der Waals surface area contributed by atoms with Crippen LogP contribution >= 0.6 is 0 Å². The van der Waals surface area contributed by atoms with E-state index >= 15 is 0 Å².